The molecular weight excluding hydrogens is 303 g/mol. The molecule has 0 aliphatic heterocycles. The molecule has 21 heavy (non-hydrogen) atoms. The molecule has 2 aromatic rings. The summed E-state index contributed by atoms with van der Waals surface area (Å²) in [5, 5.41) is 0. The first-order valence-electron chi connectivity index (χ1n) is 5.50. The maximum atomic E-state index is 13.1. The van der Waals surface area contributed by atoms with E-state index < -0.39 is 29.6 Å². The molecular formula is C13H6F7N. The lowest BCUT2D eigenvalue weighted by Gasteiger charge is -2.11. The van der Waals surface area contributed by atoms with Gasteiger partial charge in [-0.2, -0.15) is 30.7 Å². The smallest absolute Gasteiger partial charge is 0.215 e. The van der Waals surface area contributed by atoms with Crippen LogP contribution < -0.4 is 0 Å². The maximum absolute atomic E-state index is 13.1. The number of aromatic nitrogens is 1. The van der Waals surface area contributed by atoms with E-state index in [1.807, 2.05) is 0 Å². The van der Waals surface area contributed by atoms with Crippen molar-refractivity contribution >= 4 is 0 Å². The number of pyridine rings is 1. The topological polar surface area (TPSA) is 12.9 Å². The number of rotatable bonds is 1. The normalized spacial score (nSPS) is 12.5. The lowest BCUT2D eigenvalue weighted by molar-refractivity contribution is -0.141. The summed E-state index contributed by atoms with van der Waals surface area (Å²) >= 11 is 0. The highest BCUT2D eigenvalue weighted by atomic mass is 19.4. The van der Waals surface area contributed by atoms with Crippen molar-refractivity contribution in [2.24, 2.45) is 0 Å². The fraction of sp³-hybridized carbons (Fsp3) is 0.154. The third kappa shape index (κ3) is 3.50. The van der Waals surface area contributed by atoms with Crippen molar-refractivity contribution in [2.45, 2.75) is 12.4 Å². The highest BCUT2D eigenvalue weighted by Crippen LogP contribution is 2.34. The van der Waals surface area contributed by atoms with Crippen LogP contribution in [0.25, 0.3) is 11.1 Å². The Morgan fingerprint density at radius 3 is 2.00 bits per heavy atom. The zero-order chi connectivity index (χ0) is 15.8. The Labute approximate surface area is 114 Å². The Morgan fingerprint density at radius 1 is 0.762 bits per heavy atom. The molecule has 0 aliphatic carbocycles. The summed E-state index contributed by atoms with van der Waals surface area (Å²) < 4.78 is 88.4. The van der Waals surface area contributed by atoms with Gasteiger partial charge in [0.2, 0.25) is 5.95 Å². The number of halogens is 7. The largest absolute Gasteiger partial charge is 0.433 e. The zero-order valence-corrected chi connectivity index (χ0v) is 10.1. The fourth-order valence-corrected chi connectivity index (χ4v) is 1.68. The third-order valence-corrected chi connectivity index (χ3v) is 2.61. The van der Waals surface area contributed by atoms with Crippen molar-refractivity contribution in [3.8, 4) is 11.1 Å². The average Bonchev–Trinajstić information content (AvgIpc) is 2.36. The predicted molar refractivity (Wildman–Crippen MR) is 59.6 cm³/mol. The van der Waals surface area contributed by atoms with Gasteiger partial charge in [0.25, 0.3) is 0 Å². The van der Waals surface area contributed by atoms with E-state index in [1.54, 1.807) is 0 Å². The molecule has 0 saturated carbocycles. The van der Waals surface area contributed by atoms with Crippen molar-refractivity contribution in [3.05, 3.63) is 53.6 Å². The number of hydrogen-bond acceptors (Lipinski definition) is 1. The maximum Gasteiger partial charge on any atom is 0.433 e. The molecule has 8 heteroatoms. The third-order valence-electron chi connectivity index (χ3n) is 2.61. The lowest BCUT2D eigenvalue weighted by Crippen LogP contribution is -2.09. The van der Waals surface area contributed by atoms with Gasteiger partial charge in [0.1, 0.15) is 5.69 Å². The van der Waals surface area contributed by atoms with E-state index in [0.717, 1.165) is 18.2 Å². The van der Waals surface area contributed by atoms with Gasteiger partial charge < -0.3 is 0 Å². The number of alkyl halides is 6. The summed E-state index contributed by atoms with van der Waals surface area (Å²) in [7, 11) is 0. The summed E-state index contributed by atoms with van der Waals surface area (Å²) in [6.07, 6.45) is -9.53. The number of hydrogen-bond donors (Lipinski definition) is 0. The highest BCUT2D eigenvalue weighted by molar-refractivity contribution is 5.64. The zero-order valence-electron chi connectivity index (χ0n) is 10.1. The summed E-state index contributed by atoms with van der Waals surface area (Å²) in [6.45, 7) is 0. The van der Waals surface area contributed by atoms with Crippen LogP contribution in [0, 0.1) is 5.95 Å². The van der Waals surface area contributed by atoms with Gasteiger partial charge in [0, 0.05) is 6.07 Å². The second-order valence-electron chi connectivity index (χ2n) is 4.14. The molecule has 0 unspecified atom stereocenters. The van der Waals surface area contributed by atoms with Crippen LogP contribution in [0.4, 0.5) is 30.7 Å². The molecule has 0 spiro atoms. The van der Waals surface area contributed by atoms with Gasteiger partial charge in [-0.05, 0) is 29.3 Å². The molecule has 1 aromatic heterocycles. The molecule has 0 fully saturated rings. The quantitative estimate of drug-likeness (QED) is 0.538. The molecule has 1 aromatic carbocycles. The van der Waals surface area contributed by atoms with E-state index >= 15 is 0 Å². The Balaban J connectivity index is 2.55. The minimum Gasteiger partial charge on any atom is -0.215 e. The Hall–Kier alpha value is -2.12. The van der Waals surface area contributed by atoms with Crippen molar-refractivity contribution in [2.75, 3.05) is 0 Å². The molecule has 0 N–H and O–H groups in total. The van der Waals surface area contributed by atoms with E-state index in [0.29, 0.717) is 18.2 Å². The van der Waals surface area contributed by atoms with Crippen molar-refractivity contribution < 1.29 is 30.7 Å². The van der Waals surface area contributed by atoms with Crippen LogP contribution in [0.2, 0.25) is 0 Å². The van der Waals surface area contributed by atoms with E-state index in [2.05, 4.69) is 4.98 Å². The first kappa shape index (κ1) is 15.3. The average molecular weight is 309 g/mol. The molecule has 0 bridgehead atoms. The fourth-order valence-electron chi connectivity index (χ4n) is 1.68. The lowest BCUT2D eigenvalue weighted by atomic mass is 10.0. The number of benzene rings is 1. The van der Waals surface area contributed by atoms with E-state index in [1.165, 1.54) is 0 Å². The van der Waals surface area contributed by atoms with Crippen LogP contribution in [0.5, 0.6) is 0 Å². The summed E-state index contributed by atoms with van der Waals surface area (Å²) in [5.74, 6) is -1.42. The monoisotopic (exact) mass is 309 g/mol. The first-order chi connectivity index (χ1) is 9.57. The van der Waals surface area contributed by atoms with Crippen molar-refractivity contribution in [1.29, 1.82) is 0 Å². The van der Waals surface area contributed by atoms with Crippen molar-refractivity contribution in [3.63, 3.8) is 0 Å². The Morgan fingerprint density at radius 2 is 1.43 bits per heavy atom. The van der Waals surface area contributed by atoms with Gasteiger partial charge in [0.15, 0.2) is 0 Å². The van der Waals surface area contributed by atoms with Crippen LogP contribution in [0.15, 0.2) is 36.4 Å². The van der Waals surface area contributed by atoms with E-state index in [4.69, 9.17) is 0 Å². The van der Waals surface area contributed by atoms with Crippen LogP contribution in [0.3, 0.4) is 0 Å². The molecule has 0 amide bonds. The van der Waals surface area contributed by atoms with Crippen LogP contribution >= 0.6 is 0 Å². The Kier molecular flexibility index (Phi) is 3.65. The van der Waals surface area contributed by atoms with Crippen LogP contribution in [-0.4, -0.2) is 4.98 Å². The molecule has 0 atom stereocenters. The van der Waals surface area contributed by atoms with E-state index in [-0.39, 0.29) is 11.1 Å². The molecule has 0 saturated heterocycles. The number of nitrogens with zero attached hydrogens (tertiary/aromatic N) is 1. The molecule has 112 valence electrons. The first-order valence-corrected chi connectivity index (χ1v) is 5.50. The SMILES string of the molecule is Fc1cc(-c2cccc(C(F)(F)F)c2)cc(C(F)(F)F)n1. The van der Waals surface area contributed by atoms with Gasteiger partial charge in [-0.25, -0.2) is 4.98 Å². The molecule has 0 radical (unpaired) electrons. The molecule has 1 nitrogen and oxygen atoms in total. The van der Waals surface area contributed by atoms with Gasteiger partial charge in [-0.15, -0.1) is 0 Å². The van der Waals surface area contributed by atoms with E-state index in [9.17, 15) is 30.7 Å². The standard InChI is InChI=1S/C13H6F7N/c14-11-6-8(5-10(21-11)13(18,19)20)7-2-1-3-9(4-7)12(15,16)17/h1-6H. The van der Waals surface area contributed by atoms with Crippen LogP contribution in [-0.2, 0) is 12.4 Å². The second-order valence-corrected chi connectivity index (χ2v) is 4.14. The van der Waals surface area contributed by atoms with Gasteiger partial charge in [-0.1, -0.05) is 12.1 Å². The predicted octanol–water partition coefficient (Wildman–Crippen LogP) is 4.93. The summed E-state index contributed by atoms with van der Waals surface area (Å²) in [5.41, 5.74) is -3.06. The molecule has 0 aliphatic rings. The second kappa shape index (κ2) is 5.01. The summed E-state index contributed by atoms with van der Waals surface area (Å²) in [6, 6.07) is 4.75. The van der Waals surface area contributed by atoms with Gasteiger partial charge in [0.05, 0.1) is 5.56 Å². The van der Waals surface area contributed by atoms with Crippen LogP contribution in [0.1, 0.15) is 11.3 Å². The summed E-state index contributed by atoms with van der Waals surface area (Å²) in [4.78, 5) is 2.69. The minimum absolute atomic E-state index is 0.184. The highest BCUT2D eigenvalue weighted by Gasteiger charge is 2.34. The minimum atomic E-state index is -4.89. The molecule has 1 heterocycles. The molecule has 2 rings (SSSR count). The van der Waals surface area contributed by atoms with Crippen molar-refractivity contribution in [1.82, 2.24) is 4.98 Å². The Bertz CT molecular complexity index is 658. The van der Waals surface area contributed by atoms with Gasteiger partial charge in [-0.3, -0.25) is 0 Å². The van der Waals surface area contributed by atoms with Gasteiger partial charge >= 0.3 is 12.4 Å².